The van der Waals surface area contributed by atoms with Gasteiger partial charge in [0.05, 0.1) is 13.2 Å². The van der Waals surface area contributed by atoms with Gasteiger partial charge in [0.15, 0.2) is 6.10 Å². The minimum absolute atomic E-state index is 0.320. The molecule has 1 aliphatic heterocycles. The lowest BCUT2D eigenvalue weighted by Gasteiger charge is -2.16. The number of rotatable bonds is 5. The van der Waals surface area contributed by atoms with Crippen molar-refractivity contribution in [2.24, 2.45) is 5.92 Å². The number of ether oxygens (including phenoxy) is 2. The van der Waals surface area contributed by atoms with Crippen LogP contribution in [0, 0.1) is 5.92 Å². The molecule has 1 heterocycles. The Hall–Kier alpha value is -1.39. The van der Waals surface area contributed by atoms with E-state index in [4.69, 9.17) is 14.6 Å². The van der Waals surface area contributed by atoms with Crippen molar-refractivity contribution < 1.29 is 19.4 Å². The monoisotopic (exact) mass is 236 g/mol. The average molecular weight is 236 g/mol. The average Bonchev–Trinajstić information content (AvgIpc) is 2.83. The molecule has 2 rings (SSSR count). The van der Waals surface area contributed by atoms with Crippen LogP contribution in [0.1, 0.15) is 18.1 Å². The molecule has 1 aromatic rings. The summed E-state index contributed by atoms with van der Waals surface area (Å²) in [6.45, 7) is 1.85. The summed E-state index contributed by atoms with van der Waals surface area (Å²) in [7, 11) is 0. The summed E-state index contributed by atoms with van der Waals surface area (Å²) in [6.07, 6.45) is 0.0676. The molecule has 0 radical (unpaired) electrons. The number of carboxylic acids is 1. The molecule has 2 atom stereocenters. The predicted molar refractivity (Wildman–Crippen MR) is 61.7 cm³/mol. The van der Waals surface area contributed by atoms with E-state index in [2.05, 4.69) is 0 Å². The van der Waals surface area contributed by atoms with E-state index in [1.807, 2.05) is 18.2 Å². The van der Waals surface area contributed by atoms with Gasteiger partial charge in [0.1, 0.15) is 0 Å². The second-order valence-electron chi connectivity index (χ2n) is 4.19. The molecule has 4 heteroatoms. The van der Waals surface area contributed by atoms with Crippen molar-refractivity contribution in [2.45, 2.75) is 12.5 Å². The first-order valence-electron chi connectivity index (χ1n) is 5.74. The first kappa shape index (κ1) is 12.1. The van der Waals surface area contributed by atoms with Gasteiger partial charge in [-0.15, -0.1) is 0 Å². The highest BCUT2D eigenvalue weighted by Gasteiger charge is 2.23. The van der Waals surface area contributed by atoms with Gasteiger partial charge in [0.2, 0.25) is 0 Å². The fraction of sp³-hybridized carbons (Fsp3) is 0.462. The molecule has 0 saturated carbocycles. The zero-order valence-corrected chi connectivity index (χ0v) is 9.54. The summed E-state index contributed by atoms with van der Waals surface area (Å²) in [5.74, 6) is -0.629. The smallest absolute Gasteiger partial charge is 0.337 e. The zero-order chi connectivity index (χ0) is 12.1. The maximum Gasteiger partial charge on any atom is 0.337 e. The molecular weight excluding hydrogens is 220 g/mol. The van der Waals surface area contributed by atoms with Crippen molar-refractivity contribution in [1.29, 1.82) is 0 Å². The molecule has 0 amide bonds. The Morgan fingerprint density at radius 1 is 1.47 bits per heavy atom. The summed E-state index contributed by atoms with van der Waals surface area (Å²) < 4.78 is 10.7. The SMILES string of the molecule is O=C(O)C(OCC1CCOC1)c1ccccc1. The van der Waals surface area contributed by atoms with E-state index >= 15 is 0 Å². The van der Waals surface area contributed by atoms with Crippen LogP contribution in [0.25, 0.3) is 0 Å². The van der Waals surface area contributed by atoms with Gasteiger partial charge >= 0.3 is 5.97 Å². The molecule has 0 aromatic heterocycles. The third kappa shape index (κ3) is 3.28. The van der Waals surface area contributed by atoms with Crippen molar-refractivity contribution in [3.8, 4) is 0 Å². The zero-order valence-electron chi connectivity index (χ0n) is 9.54. The Bertz CT molecular complexity index is 357. The molecule has 1 aliphatic rings. The number of hydrogen-bond donors (Lipinski definition) is 1. The van der Waals surface area contributed by atoms with Gasteiger partial charge in [-0.05, 0) is 12.0 Å². The van der Waals surface area contributed by atoms with E-state index in [1.54, 1.807) is 12.1 Å². The number of hydrogen-bond acceptors (Lipinski definition) is 3. The Morgan fingerprint density at radius 3 is 2.82 bits per heavy atom. The number of carbonyl (C=O) groups is 1. The third-order valence-electron chi connectivity index (χ3n) is 2.85. The number of benzene rings is 1. The van der Waals surface area contributed by atoms with Gasteiger partial charge in [-0.3, -0.25) is 0 Å². The van der Waals surface area contributed by atoms with Crippen molar-refractivity contribution in [1.82, 2.24) is 0 Å². The Morgan fingerprint density at radius 2 is 2.24 bits per heavy atom. The van der Waals surface area contributed by atoms with Crippen LogP contribution in [-0.2, 0) is 14.3 Å². The maximum atomic E-state index is 11.1. The van der Waals surface area contributed by atoms with Crippen molar-refractivity contribution >= 4 is 5.97 Å². The molecule has 1 fully saturated rings. The lowest BCUT2D eigenvalue weighted by Crippen LogP contribution is -2.19. The van der Waals surface area contributed by atoms with Crippen molar-refractivity contribution in [3.05, 3.63) is 35.9 Å². The highest BCUT2D eigenvalue weighted by atomic mass is 16.5. The molecule has 1 N–H and O–H groups in total. The molecule has 0 aliphatic carbocycles. The van der Waals surface area contributed by atoms with Crippen LogP contribution >= 0.6 is 0 Å². The highest BCUT2D eigenvalue weighted by molar-refractivity contribution is 5.74. The van der Waals surface area contributed by atoms with Gasteiger partial charge in [0.25, 0.3) is 0 Å². The van der Waals surface area contributed by atoms with Crippen molar-refractivity contribution in [2.75, 3.05) is 19.8 Å². The Labute approximate surface area is 100 Å². The summed E-state index contributed by atoms with van der Waals surface area (Å²) in [5.41, 5.74) is 0.680. The fourth-order valence-electron chi connectivity index (χ4n) is 1.89. The van der Waals surface area contributed by atoms with E-state index in [0.29, 0.717) is 24.7 Å². The van der Waals surface area contributed by atoms with Crippen LogP contribution in [-0.4, -0.2) is 30.9 Å². The van der Waals surface area contributed by atoms with Crippen LogP contribution < -0.4 is 0 Å². The predicted octanol–water partition coefficient (Wildman–Crippen LogP) is 1.87. The van der Waals surface area contributed by atoms with Crippen LogP contribution in [0.5, 0.6) is 0 Å². The van der Waals surface area contributed by atoms with Gasteiger partial charge in [-0.2, -0.15) is 0 Å². The lowest BCUT2D eigenvalue weighted by molar-refractivity contribution is -0.151. The lowest BCUT2D eigenvalue weighted by atomic mass is 10.1. The van der Waals surface area contributed by atoms with Gasteiger partial charge in [-0.25, -0.2) is 4.79 Å². The van der Waals surface area contributed by atoms with E-state index in [-0.39, 0.29) is 0 Å². The van der Waals surface area contributed by atoms with Crippen LogP contribution in [0.2, 0.25) is 0 Å². The molecule has 2 unspecified atom stereocenters. The molecular formula is C13H16O4. The summed E-state index contributed by atoms with van der Waals surface area (Å²) in [6, 6.07) is 9.02. The molecule has 1 saturated heterocycles. The van der Waals surface area contributed by atoms with Crippen LogP contribution in [0.4, 0.5) is 0 Å². The quantitative estimate of drug-likeness (QED) is 0.847. The largest absolute Gasteiger partial charge is 0.479 e. The molecule has 0 bridgehead atoms. The maximum absolute atomic E-state index is 11.1. The standard InChI is InChI=1S/C13H16O4/c14-13(15)12(11-4-2-1-3-5-11)17-9-10-6-7-16-8-10/h1-5,10,12H,6-9H2,(H,14,15). The molecule has 92 valence electrons. The second kappa shape index (κ2) is 5.80. The van der Waals surface area contributed by atoms with Crippen molar-refractivity contribution in [3.63, 3.8) is 0 Å². The minimum atomic E-state index is -0.949. The summed E-state index contributed by atoms with van der Waals surface area (Å²) in [5, 5.41) is 9.14. The topological polar surface area (TPSA) is 55.8 Å². The molecule has 4 nitrogen and oxygen atoms in total. The summed E-state index contributed by atoms with van der Waals surface area (Å²) >= 11 is 0. The van der Waals surface area contributed by atoms with Gasteiger partial charge < -0.3 is 14.6 Å². The fourth-order valence-corrected chi connectivity index (χ4v) is 1.89. The second-order valence-corrected chi connectivity index (χ2v) is 4.19. The third-order valence-corrected chi connectivity index (χ3v) is 2.85. The van der Waals surface area contributed by atoms with Gasteiger partial charge in [0, 0.05) is 12.5 Å². The van der Waals surface area contributed by atoms with E-state index in [9.17, 15) is 4.79 Å². The van der Waals surface area contributed by atoms with Crippen LogP contribution in [0.15, 0.2) is 30.3 Å². The van der Waals surface area contributed by atoms with E-state index in [0.717, 1.165) is 13.0 Å². The molecule has 1 aromatic carbocycles. The Kier molecular flexibility index (Phi) is 4.12. The van der Waals surface area contributed by atoms with E-state index in [1.165, 1.54) is 0 Å². The summed E-state index contributed by atoms with van der Waals surface area (Å²) in [4.78, 5) is 11.1. The van der Waals surface area contributed by atoms with E-state index < -0.39 is 12.1 Å². The minimum Gasteiger partial charge on any atom is -0.479 e. The van der Waals surface area contributed by atoms with Gasteiger partial charge in [-0.1, -0.05) is 30.3 Å². The highest BCUT2D eigenvalue weighted by Crippen LogP contribution is 2.21. The number of aliphatic carboxylic acids is 1. The first-order chi connectivity index (χ1) is 8.27. The normalized spacial score (nSPS) is 21.3. The number of carboxylic acid groups (broad SMARTS) is 1. The molecule has 0 spiro atoms. The Balaban J connectivity index is 1.95. The van der Waals surface area contributed by atoms with Crippen LogP contribution in [0.3, 0.4) is 0 Å². The molecule has 17 heavy (non-hydrogen) atoms. The first-order valence-corrected chi connectivity index (χ1v) is 5.74.